The number of amides is 1. The molecule has 1 aromatic carbocycles. The van der Waals surface area contributed by atoms with E-state index >= 15 is 0 Å². The summed E-state index contributed by atoms with van der Waals surface area (Å²) in [5.41, 5.74) is 5.18. The Hall–Kier alpha value is -2.06. The zero-order valence-corrected chi connectivity index (χ0v) is 15.7. The van der Waals surface area contributed by atoms with Gasteiger partial charge in [-0.05, 0) is 26.3 Å². The van der Waals surface area contributed by atoms with Crippen LogP contribution in [0.15, 0.2) is 30.3 Å². The number of hydrogen-bond acceptors (Lipinski definition) is 7. The second-order valence-corrected chi connectivity index (χ2v) is 8.61. The van der Waals surface area contributed by atoms with Crippen LogP contribution in [0.25, 0.3) is 0 Å². The van der Waals surface area contributed by atoms with Crippen LogP contribution in [0.3, 0.4) is 0 Å². The average molecular weight is 378 g/mol. The number of carbonyl (C=O) groups is 3. The summed E-state index contributed by atoms with van der Waals surface area (Å²) in [5, 5.41) is -0.640. The summed E-state index contributed by atoms with van der Waals surface area (Å²) in [7, 11) is 0. The van der Waals surface area contributed by atoms with E-state index in [4.69, 9.17) is 15.2 Å². The summed E-state index contributed by atoms with van der Waals surface area (Å²) in [6.07, 6.45) is 0. The first kappa shape index (κ1) is 18.7. The van der Waals surface area contributed by atoms with Crippen LogP contribution >= 0.6 is 11.8 Å². The Kier molecular flexibility index (Phi) is 4.74. The fourth-order valence-electron chi connectivity index (χ4n) is 3.31. The van der Waals surface area contributed by atoms with E-state index in [1.165, 1.54) is 16.7 Å². The van der Waals surface area contributed by atoms with E-state index in [-0.39, 0.29) is 13.2 Å². The molecule has 2 aliphatic heterocycles. The van der Waals surface area contributed by atoms with Gasteiger partial charge in [0.2, 0.25) is 5.54 Å². The highest BCUT2D eigenvalue weighted by Gasteiger charge is 2.74. The van der Waals surface area contributed by atoms with Crippen molar-refractivity contribution >= 4 is 29.6 Å². The first-order valence-corrected chi connectivity index (χ1v) is 9.28. The molecule has 26 heavy (non-hydrogen) atoms. The van der Waals surface area contributed by atoms with Gasteiger partial charge in [-0.25, -0.2) is 9.59 Å². The van der Waals surface area contributed by atoms with Gasteiger partial charge in [0.05, 0.1) is 6.61 Å². The van der Waals surface area contributed by atoms with E-state index in [0.29, 0.717) is 0 Å². The molecule has 0 aliphatic carbocycles. The number of fused-ring (bicyclic) bond motifs is 1. The molecule has 2 aliphatic rings. The lowest BCUT2D eigenvalue weighted by Crippen LogP contribution is -2.81. The van der Waals surface area contributed by atoms with Gasteiger partial charge in [0, 0.05) is 4.75 Å². The Morgan fingerprint density at radius 1 is 1.23 bits per heavy atom. The molecule has 2 N–H and O–H groups in total. The number of ether oxygens (including phenoxy) is 2. The molecule has 0 aromatic heterocycles. The summed E-state index contributed by atoms with van der Waals surface area (Å²) < 4.78 is 9.74. The lowest BCUT2D eigenvalue weighted by atomic mass is 9.85. The average Bonchev–Trinajstić information content (AvgIpc) is 2.89. The number of rotatable bonds is 5. The Labute approximate surface area is 156 Å². The molecule has 0 radical (unpaired) electrons. The van der Waals surface area contributed by atoms with Gasteiger partial charge in [-0.15, -0.1) is 11.8 Å². The minimum absolute atomic E-state index is 0.120. The number of hydrogen-bond donors (Lipinski definition) is 1. The molecule has 2 saturated heterocycles. The molecule has 3 rings (SSSR count). The zero-order valence-electron chi connectivity index (χ0n) is 14.9. The van der Waals surface area contributed by atoms with Gasteiger partial charge in [-0.3, -0.25) is 4.79 Å². The van der Waals surface area contributed by atoms with Crippen LogP contribution in [-0.2, 0) is 30.5 Å². The van der Waals surface area contributed by atoms with E-state index < -0.39 is 39.5 Å². The van der Waals surface area contributed by atoms with Crippen molar-refractivity contribution in [2.75, 3.05) is 6.61 Å². The maximum atomic E-state index is 12.7. The second kappa shape index (κ2) is 6.59. The highest BCUT2D eigenvalue weighted by atomic mass is 32.2. The quantitative estimate of drug-likeness (QED) is 0.464. The highest BCUT2D eigenvalue weighted by molar-refractivity contribution is 8.01. The number of thioether (sulfide) groups is 1. The zero-order chi connectivity index (χ0) is 19.1. The number of benzene rings is 1. The molecule has 0 bridgehead atoms. The van der Waals surface area contributed by atoms with Gasteiger partial charge < -0.3 is 20.1 Å². The van der Waals surface area contributed by atoms with Crippen LogP contribution < -0.4 is 5.73 Å². The summed E-state index contributed by atoms with van der Waals surface area (Å²) in [6.45, 7) is 5.58. The first-order valence-electron chi connectivity index (χ1n) is 8.40. The van der Waals surface area contributed by atoms with Gasteiger partial charge in [-0.2, -0.15) is 0 Å². The topological polar surface area (TPSA) is 98.9 Å². The van der Waals surface area contributed by atoms with Crippen molar-refractivity contribution in [2.24, 2.45) is 5.73 Å². The van der Waals surface area contributed by atoms with Crippen molar-refractivity contribution in [3.8, 4) is 0 Å². The molecule has 2 fully saturated rings. The molecule has 1 amide bonds. The van der Waals surface area contributed by atoms with Gasteiger partial charge >= 0.3 is 11.9 Å². The second-order valence-electron chi connectivity index (χ2n) is 6.87. The SMILES string of the molecule is CCOC(=O)C1(N)C(=O)N2[C@@H](C(=O)OCc3ccccc3)C(C)(C)S[C@@H]21. The first-order chi connectivity index (χ1) is 12.2. The Balaban J connectivity index is 1.76. The van der Waals surface area contributed by atoms with Gasteiger partial charge in [0.15, 0.2) is 0 Å². The van der Waals surface area contributed by atoms with E-state index in [1.54, 1.807) is 6.92 Å². The summed E-state index contributed by atoms with van der Waals surface area (Å²) in [4.78, 5) is 38.9. The van der Waals surface area contributed by atoms with Crippen molar-refractivity contribution in [1.82, 2.24) is 4.90 Å². The van der Waals surface area contributed by atoms with E-state index in [2.05, 4.69) is 0 Å². The monoisotopic (exact) mass is 378 g/mol. The third-order valence-corrected chi connectivity index (χ3v) is 6.30. The lowest BCUT2D eigenvalue weighted by Gasteiger charge is -2.48. The summed E-state index contributed by atoms with van der Waals surface area (Å²) >= 11 is 1.32. The molecule has 0 spiro atoms. The van der Waals surface area contributed by atoms with Crippen molar-refractivity contribution < 1.29 is 23.9 Å². The van der Waals surface area contributed by atoms with Crippen molar-refractivity contribution in [3.05, 3.63) is 35.9 Å². The normalized spacial score (nSPS) is 28.9. The fraction of sp³-hybridized carbons (Fsp3) is 0.500. The van der Waals surface area contributed by atoms with Crippen molar-refractivity contribution in [2.45, 2.75) is 49.1 Å². The minimum Gasteiger partial charge on any atom is -0.464 e. The number of nitrogens with two attached hydrogens (primary N) is 1. The lowest BCUT2D eigenvalue weighted by molar-refractivity contribution is -0.179. The Bertz CT molecular complexity index is 738. The predicted octanol–water partition coefficient (Wildman–Crippen LogP) is 1.05. The maximum Gasteiger partial charge on any atom is 0.339 e. The summed E-state index contributed by atoms with van der Waals surface area (Å²) in [6, 6.07) is 8.49. The third-order valence-electron chi connectivity index (χ3n) is 4.64. The molecular formula is C18H22N2O5S. The van der Waals surface area contributed by atoms with Crippen LogP contribution in [0.5, 0.6) is 0 Å². The molecule has 7 nitrogen and oxygen atoms in total. The van der Waals surface area contributed by atoms with Crippen molar-refractivity contribution in [1.29, 1.82) is 0 Å². The van der Waals surface area contributed by atoms with E-state index in [9.17, 15) is 14.4 Å². The van der Waals surface area contributed by atoms with Crippen LogP contribution in [0.1, 0.15) is 26.3 Å². The van der Waals surface area contributed by atoms with E-state index in [1.807, 2.05) is 44.2 Å². The molecule has 1 aromatic rings. The van der Waals surface area contributed by atoms with Crippen LogP contribution in [0.4, 0.5) is 0 Å². The number of carbonyl (C=O) groups excluding carboxylic acids is 3. The van der Waals surface area contributed by atoms with E-state index in [0.717, 1.165) is 5.56 Å². The Morgan fingerprint density at radius 2 is 1.88 bits per heavy atom. The minimum atomic E-state index is -1.74. The van der Waals surface area contributed by atoms with Gasteiger partial charge in [0.1, 0.15) is 18.0 Å². The highest BCUT2D eigenvalue weighted by Crippen LogP contribution is 2.54. The smallest absolute Gasteiger partial charge is 0.339 e. The van der Waals surface area contributed by atoms with Crippen LogP contribution in [-0.4, -0.2) is 51.1 Å². The molecule has 8 heteroatoms. The number of esters is 2. The number of β-lactam (4-membered cyclic amide) rings is 1. The molecule has 2 heterocycles. The van der Waals surface area contributed by atoms with Crippen LogP contribution in [0, 0.1) is 0 Å². The van der Waals surface area contributed by atoms with Gasteiger partial charge in [0.25, 0.3) is 5.91 Å². The molecule has 1 unspecified atom stereocenters. The predicted molar refractivity (Wildman–Crippen MR) is 95.9 cm³/mol. The summed E-state index contributed by atoms with van der Waals surface area (Å²) in [5.74, 6) is -1.86. The largest absolute Gasteiger partial charge is 0.464 e. The molecule has 140 valence electrons. The molecule has 3 atom stereocenters. The molecule has 0 saturated carbocycles. The van der Waals surface area contributed by atoms with Gasteiger partial charge in [-0.1, -0.05) is 30.3 Å². The Morgan fingerprint density at radius 3 is 2.50 bits per heavy atom. The third kappa shape index (κ3) is 2.77. The van der Waals surface area contributed by atoms with Crippen molar-refractivity contribution in [3.63, 3.8) is 0 Å². The number of nitrogens with zero attached hydrogens (tertiary/aromatic N) is 1. The fourth-order valence-corrected chi connectivity index (χ4v) is 4.94. The van der Waals surface area contributed by atoms with Crippen LogP contribution in [0.2, 0.25) is 0 Å². The molecular weight excluding hydrogens is 356 g/mol. The standard InChI is InChI=1S/C18H22N2O5S/c1-4-24-16(23)18(19)14(22)20-12(17(2,3)26-15(18)20)13(21)25-10-11-8-6-5-7-9-11/h5-9,12,15H,4,10,19H2,1-3H3/t12-,15+,18?/m0/s1. The maximum absolute atomic E-state index is 12.7.